The first-order valence-electron chi connectivity index (χ1n) is 4.94. The summed E-state index contributed by atoms with van der Waals surface area (Å²) in [6.45, 7) is 1.93. The van der Waals surface area contributed by atoms with Crippen LogP contribution >= 0.6 is 11.6 Å². The Labute approximate surface area is 99.0 Å². The van der Waals surface area contributed by atoms with E-state index in [9.17, 15) is 4.79 Å². The van der Waals surface area contributed by atoms with Gasteiger partial charge in [0, 0.05) is 5.02 Å². The Balaban J connectivity index is 2.42. The molecule has 4 nitrogen and oxygen atoms in total. The first kappa shape index (κ1) is 12.6. The predicted molar refractivity (Wildman–Crippen MR) is 62.0 cm³/mol. The molecule has 0 radical (unpaired) electrons. The van der Waals surface area contributed by atoms with Gasteiger partial charge in [-0.3, -0.25) is 0 Å². The van der Waals surface area contributed by atoms with Crippen LogP contribution in [0.2, 0.25) is 5.02 Å². The van der Waals surface area contributed by atoms with Crippen molar-refractivity contribution in [3.63, 3.8) is 0 Å². The minimum absolute atomic E-state index is 0.446. The number of hydrogen-bond acceptors (Lipinski definition) is 3. The number of nitrogens with zero attached hydrogens (tertiary/aromatic N) is 2. The Kier molecular flexibility index (Phi) is 4.92. The van der Waals surface area contributed by atoms with Crippen LogP contribution in [0.5, 0.6) is 0 Å². The van der Waals surface area contributed by atoms with E-state index < -0.39 is 12.0 Å². The van der Waals surface area contributed by atoms with E-state index in [1.807, 2.05) is 24.3 Å². The zero-order valence-corrected chi connectivity index (χ0v) is 9.68. The Morgan fingerprint density at radius 3 is 2.81 bits per heavy atom. The average molecular weight is 241 g/mol. The highest BCUT2D eigenvalue weighted by Gasteiger charge is 2.07. The molecule has 1 N–H and O–H groups in total. The van der Waals surface area contributed by atoms with Crippen molar-refractivity contribution in [1.82, 2.24) is 0 Å². The van der Waals surface area contributed by atoms with Crippen molar-refractivity contribution >= 4 is 17.6 Å². The number of halogens is 1. The van der Waals surface area contributed by atoms with Gasteiger partial charge < -0.3 is 5.11 Å². The van der Waals surface area contributed by atoms with Gasteiger partial charge in [0.1, 0.15) is 0 Å². The smallest absolute Gasteiger partial charge is 0.330 e. The van der Waals surface area contributed by atoms with Crippen LogP contribution in [0.4, 0.5) is 0 Å². The molecule has 5 heteroatoms. The van der Waals surface area contributed by atoms with Gasteiger partial charge in [-0.1, -0.05) is 29.8 Å². The molecule has 1 atom stereocenters. The van der Waals surface area contributed by atoms with Crippen LogP contribution in [0.1, 0.15) is 12.5 Å². The van der Waals surface area contributed by atoms with E-state index in [4.69, 9.17) is 16.7 Å². The summed E-state index contributed by atoms with van der Waals surface area (Å²) in [6, 6.07) is 6.70. The molecule has 1 aromatic carbocycles. The lowest BCUT2D eigenvalue weighted by molar-refractivity contribution is -0.138. The van der Waals surface area contributed by atoms with Crippen LogP contribution in [-0.2, 0) is 11.2 Å². The first-order valence-corrected chi connectivity index (χ1v) is 5.32. The monoisotopic (exact) mass is 240 g/mol. The quantitative estimate of drug-likeness (QED) is 0.805. The fraction of sp³-hybridized carbons (Fsp3) is 0.364. The van der Waals surface area contributed by atoms with Crippen molar-refractivity contribution in [3.8, 4) is 0 Å². The summed E-state index contributed by atoms with van der Waals surface area (Å²) < 4.78 is 0. The highest BCUT2D eigenvalue weighted by atomic mass is 35.5. The fourth-order valence-corrected chi connectivity index (χ4v) is 1.33. The molecule has 0 aliphatic rings. The molecule has 0 aliphatic heterocycles. The van der Waals surface area contributed by atoms with Crippen molar-refractivity contribution in [2.45, 2.75) is 19.4 Å². The van der Waals surface area contributed by atoms with Crippen LogP contribution in [-0.4, -0.2) is 23.7 Å². The molecule has 16 heavy (non-hydrogen) atoms. The normalized spacial score (nSPS) is 12.9. The molecule has 0 fully saturated rings. The van der Waals surface area contributed by atoms with Gasteiger partial charge in [-0.25, -0.2) is 4.79 Å². The fourth-order valence-electron chi connectivity index (χ4n) is 1.10. The Bertz CT molecular complexity index is 393. The Morgan fingerprint density at radius 1 is 1.50 bits per heavy atom. The maximum absolute atomic E-state index is 10.4. The Hall–Kier alpha value is -1.42. The van der Waals surface area contributed by atoms with Crippen LogP contribution in [0.25, 0.3) is 0 Å². The second kappa shape index (κ2) is 6.23. The third-order valence-corrected chi connectivity index (χ3v) is 2.42. The third-order valence-electron chi connectivity index (χ3n) is 2.05. The first-order chi connectivity index (χ1) is 7.61. The van der Waals surface area contributed by atoms with E-state index in [0.29, 0.717) is 18.0 Å². The van der Waals surface area contributed by atoms with Gasteiger partial charge in [-0.15, -0.1) is 0 Å². The van der Waals surface area contributed by atoms with Crippen molar-refractivity contribution in [1.29, 1.82) is 0 Å². The molecule has 0 aliphatic carbocycles. The maximum atomic E-state index is 10.4. The number of carboxylic acids is 1. The number of azo groups is 1. The molecule has 1 aromatic rings. The minimum Gasteiger partial charge on any atom is -0.480 e. The number of carbonyl (C=O) groups is 1. The van der Waals surface area contributed by atoms with Gasteiger partial charge in [-0.05, 0) is 25.0 Å². The highest BCUT2D eigenvalue weighted by molar-refractivity contribution is 6.31. The minimum atomic E-state index is -0.971. The summed E-state index contributed by atoms with van der Waals surface area (Å²) in [4.78, 5) is 10.4. The zero-order chi connectivity index (χ0) is 12.0. The highest BCUT2D eigenvalue weighted by Crippen LogP contribution is 2.15. The standard InChI is InChI=1S/C11H13ClN2O2/c1-8(11(15)16)14-13-7-6-9-4-2-3-5-10(9)12/h2-5,8H,6-7H2,1H3,(H,15,16). The van der Waals surface area contributed by atoms with E-state index in [1.165, 1.54) is 6.92 Å². The summed E-state index contributed by atoms with van der Waals surface area (Å²) in [5.74, 6) is -0.971. The molecule has 86 valence electrons. The van der Waals surface area contributed by atoms with Gasteiger partial charge in [0.05, 0.1) is 6.54 Å². The number of carboxylic acid groups (broad SMARTS) is 1. The topological polar surface area (TPSA) is 62.0 Å². The van der Waals surface area contributed by atoms with Crippen molar-refractivity contribution in [3.05, 3.63) is 34.9 Å². The molecule has 0 saturated carbocycles. The molecule has 0 amide bonds. The van der Waals surface area contributed by atoms with E-state index in [1.54, 1.807) is 0 Å². The molecular weight excluding hydrogens is 228 g/mol. The molecule has 1 unspecified atom stereocenters. The summed E-state index contributed by atoms with van der Waals surface area (Å²) in [5, 5.41) is 16.7. The number of benzene rings is 1. The average Bonchev–Trinajstić information content (AvgIpc) is 2.26. The summed E-state index contributed by atoms with van der Waals surface area (Å²) in [5.41, 5.74) is 0.992. The number of hydrogen-bond donors (Lipinski definition) is 1. The van der Waals surface area contributed by atoms with Gasteiger partial charge in [0.25, 0.3) is 0 Å². The van der Waals surface area contributed by atoms with Gasteiger partial charge in [0.2, 0.25) is 0 Å². The number of rotatable bonds is 5. The SMILES string of the molecule is CC(N=NCCc1ccccc1Cl)C(=O)O. The van der Waals surface area contributed by atoms with Crippen LogP contribution in [0.3, 0.4) is 0 Å². The molecule has 0 saturated heterocycles. The zero-order valence-electron chi connectivity index (χ0n) is 8.93. The summed E-state index contributed by atoms with van der Waals surface area (Å²) >= 11 is 5.95. The lowest BCUT2D eigenvalue weighted by Gasteiger charge is -2.00. The van der Waals surface area contributed by atoms with Crippen LogP contribution in [0, 0.1) is 0 Å². The molecule has 0 aromatic heterocycles. The third kappa shape index (κ3) is 3.98. The molecule has 0 heterocycles. The van der Waals surface area contributed by atoms with E-state index in [0.717, 1.165) is 5.56 Å². The van der Waals surface area contributed by atoms with E-state index in [-0.39, 0.29) is 0 Å². The second-order valence-corrected chi connectivity index (χ2v) is 3.74. The Morgan fingerprint density at radius 2 is 2.19 bits per heavy atom. The van der Waals surface area contributed by atoms with Gasteiger partial charge in [-0.2, -0.15) is 10.2 Å². The summed E-state index contributed by atoms with van der Waals surface area (Å²) in [7, 11) is 0. The van der Waals surface area contributed by atoms with Crippen molar-refractivity contribution in [2.24, 2.45) is 10.2 Å². The number of aliphatic carboxylic acids is 1. The maximum Gasteiger partial charge on any atom is 0.330 e. The van der Waals surface area contributed by atoms with E-state index in [2.05, 4.69) is 10.2 Å². The lowest BCUT2D eigenvalue weighted by atomic mass is 10.1. The largest absolute Gasteiger partial charge is 0.480 e. The second-order valence-electron chi connectivity index (χ2n) is 3.34. The predicted octanol–water partition coefficient (Wildman–Crippen LogP) is 2.81. The molecule has 0 bridgehead atoms. The van der Waals surface area contributed by atoms with E-state index >= 15 is 0 Å². The molecule has 1 rings (SSSR count). The van der Waals surface area contributed by atoms with Crippen molar-refractivity contribution < 1.29 is 9.90 Å². The van der Waals surface area contributed by atoms with Gasteiger partial charge >= 0.3 is 5.97 Å². The molecule has 0 spiro atoms. The molecular formula is C11H13ClN2O2. The van der Waals surface area contributed by atoms with Crippen LogP contribution < -0.4 is 0 Å². The van der Waals surface area contributed by atoms with Gasteiger partial charge in [0.15, 0.2) is 6.04 Å². The van der Waals surface area contributed by atoms with Crippen LogP contribution in [0.15, 0.2) is 34.5 Å². The van der Waals surface area contributed by atoms with Crippen molar-refractivity contribution in [2.75, 3.05) is 6.54 Å². The lowest BCUT2D eigenvalue weighted by Crippen LogP contribution is -2.12. The summed E-state index contributed by atoms with van der Waals surface area (Å²) in [6.07, 6.45) is 0.662.